The maximum absolute atomic E-state index is 3.55. The molecule has 0 spiro atoms. The van der Waals surface area contributed by atoms with E-state index in [1.165, 1.54) is 43.5 Å². The quantitative estimate of drug-likeness (QED) is 0.834. The summed E-state index contributed by atoms with van der Waals surface area (Å²) >= 11 is 0. The van der Waals surface area contributed by atoms with Gasteiger partial charge in [-0.15, -0.1) is 0 Å². The largest absolute Gasteiger partial charge is 0.316 e. The summed E-state index contributed by atoms with van der Waals surface area (Å²) in [4.78, 5) is 0. The van der Waals surface area contributed by atoms with E-state index in [9.17, 15) is 0 Å². The molecule has 0 bridgehead atoms. The molecule has 1 heterocycles. The van der Waals surface area contributed by atoms with Gasteiger partial charge < -0.3 is 5.32 Å². The molecule has 2 atom stereocenters. The molecule has 0 saturated carbocycles. The topological polar surface area (TPSA) is 12.0 Å². The molecule has 1 N–H and O–H groups in total. The second-order valence-electron chi connectivity index (χ2n) is 5.44. The van der Waals surface area contributed by atoms with Gasteiger partial charge in [-0.1, -0.05) is 31.5 Å². The number of rotatable bonds is 3. The Morgan fingerprint density at radius 1 is 1.29 bits per heavy atom. The Hall–Kier alpha value is -0.820. The van der Waals surface area contributed by atoms with Crippen LogP contribution in [0.3, 0.4) is 0 Å². The zero-order valence-electron chi connectivity index (χ0n) is 11.4. The molecular formula is C16H25N. The summed E-state index contributed by atoms with van der Waals surface area (Å²) in [5.41, 5.74) is 4.56. The maximum Gasteiger partial charge on any atom is -0.00147 e. The zero-order chi connectivity index (χ0) is 12.3. The first-order valence-electron chi connectivity index (χ1n) is 7.00. The van der Waals surface area contributed by atoms with Crippen LogP contribution in [-0.4, -0.2) is 13.1 Å². The highest BCUT2D eigenvalue weighted by atomic mass is 14.9. The molecule has 1 nitrogen and oxygen atoms in total. The van der Waals surface area contributed by atoms with Gasteiger partial charge in [-0.3, -0.25) is 0 Å². The average Bonchev–Trinajstić information content (AvgIpc) is 2.34. The van der Waals surface area contributed by atoms with Crippen LogP contribution < -0.4 is 5.32 Å². The predicted molar refractivity (Wildman–Crippen MR) is 74.5 cm³/mol. The van der Waals surface area contributed by atoms with Crippen molar-refractivity contribution >= 4 is 0 Å². The van der Waals surface area contributed by atoms with Crippen LogP contribution in [0.5, 0.6) is 0 Å². The molecule has 0 aliphatic carbocycles. The molecular weight excluding hydrogens is 206 g/mol. The van der Waals surface area contributed by atoms with Gasteiger partial charge in [0, 0.05) is 0 Å². The summed E-state index contributed by atoms with van der Waals surface area (Å²) < 4.78 is 0. The Labute approximate surface area is 106 Å². The van der Waals surface area contributed by atoms with Crippen LogP contribution in [0, 0.1) is 19.8 Å². The first-order valence-corrected chi connectivity index (χ1v) is 7.00. The zero-order valence-corrected chi connectivity index (χ0v) is 11.4. The highest BCUT2D eigenvalue weighted by Gasteiger charge is 2.26. The van der Waals surface area contributed by atoms with E-state index in [0.29, 0.717) is 0 Å². The second-order valence-corrected chi connectivity index (χ2v) is 5.44. The number of benzene rings is 1. The van der Waals surface area contributed by atoms with Gasteiger partial charge in [-0.2, -0.15) is 0 Å². The molecule has 1 heteroatoms. The Morgan fingerprint density at radius 2 is 2.12 bits per heavy atom. The monoisotopic (exact) mass is 231 g/mol. The third-order valence-electron chi connectivity index (χ3n) is 4.31. The standard InChI is InChI=1S/C16H25N/c1-4-6-14-11-17-10-9-16(14)15-8-5-7-12(2)13(15)3/h5,7-8,14,16-17H,4,6,9-11H2,1-3H3. The van der Waals surface area contributed by atoms with Crippen molar-refractivity contribution in [3.63, 3.8) is 0 Å². The van der Waals surface area contributed by atoms with E-state index in [1.54, 1.807) is 5.56 Å². The van der Waals surface area contributed by atoms with Crippen molar-refractivity contribution in [3.8, 4) is 0 Å². The van der Waals surface area contributed by atoms with E-state index in [0.717, 1.165) is 11.8 Å². The van der Waals surface area contributed by atoms with E-state index in [4.69, 9.17) is 0 Å². The van der Waals surface area contributed by atoms with Crippen LogP contribution in [0.25, 0.3) is 0 Å². The number of hydrogen-bond acceptors (Lipinski definition) is 1. The molecule has 0 amide bonds. The molecule has 0 aromatic heterocycles. The lowest BCUT2D eigenvalue weighted by atomic mass is 9.77. The molecule has 0 radical (unpaired) electrons. The highest BCUT2D eigenvalue weighted by Crippen LogP contribution is 2.35. The predicted octanol–water partition coefficient (Wildman–Crippen LogP) is 3.80. The summed E-state index contributed by atoms with van der Waals surface area (Å²) in [6.45, 7) is 9.20. The van der Waals surface area contributed by atoms with E-state index >= 15 is 0 Å². The number of aryl methyl sites for hydroxylation is 1. The van der Waals surface area contributed by atoms with Crippen molar-refractivity contribution in [3.05, 3.63) is 34.9 Å². The van der Waals surface area contributed by atoms with Crippen LogP contribution in [0.2, 0.25) is 0 Å². The Balaban J connectivity index is 2.26. The van der Waals surface area contributed by atoms with Crippen LogP contribution in [0.1, 0.15) is 48.8 Å². The van der Waals surface area contributed by atoms with E-state index in [1.807, 2.05) is 0 Å². The van der Waals surface area contributed by atoms with Gasteiger partial charge in [0.05, 0.1) is 0 Å². The lowest BCUT2D eigenvalue weighted by molar-refractivity contribution is 0.306. The fraction of sp³-hybridized carbons (Fsp3) is 0.625. The van der Waals surface area contributed by atoms with E-state index < -0.39 is 0 Å². The van der Waals surface area contributed by atoms with Crippen LogP contribution in [0.15, 0.2) is 18.2 Å². The molecule has 1 aliphatic rings. The van der Waals surface area contributed by atoms with Crippen molar-refractivity contribution in [1.82, 2.24) is 5.32 Å². The minimum atomic E-state index is 0.774. The van der Waals surface area contributed by atoms with Crippen LogP contribution in [-0.2, 0) is 0 Å². The van der Waals surface area contributed by atoms with Crippen molar-refractivity contribution in [1.29, 1.82) is 0 Å². The van der Waals surface area contributed by atoms with Gasteiger partial charge >= 0.3 is 0 Å². The fourth-order valence-electron chi connectivity index (χ4n) is 3.18. The van der Waals surface area contributed by atoms with E-state index in [-0.39, 0.29) is 0 Å². The lowest BCUT2D eigenvalue weighted by Crippen LogP contribution is -2.35. The van der Waals surface area contributed by atoms with Gasteiger partial charge in [0.15, 0.2) is 0 Å². The third kappa shape index (κ3) is 2.71. The minimum absolute atomic E-state index is 0.774. The maximum atomic E-state index is 3.55. The molecule has 2 rings (SSSR count). The first kappa shape index (κ1) is 12.6. The summed E-state index contributed by atoms with van der Waals surface area (Å²) in [5, 5.41) is 3.55. The van der Waals surface area contributed by atoms with Crippen molar-refractivity contribution in [2.24, 2.45) is 5.92 Å². The third-order valence-corrected chi connectivity index (χ3v) is 4.31. The van der Waals surface area contributed by atoms with E-state index in [2.05, 4.69) is 44.3 Å². The van der Waals surface area contributed by atoms with Crippen LogP contribution in [0.4, 0.5) is 0 Å². The van der Waals surface area contributed by atoms with Gasteiger partial charge in [0.1, 0.15) is 0 Å². The average molecular weight is 231 g/mol. The number of nitrogens with one attached hydrogen (secondary N) is 1. The molecule has 1 aromatic carbocycles. The van der Waals surface area contributed by atoms with Crippen LogP contribution >= 0.6 is 0 Å². The molecule has 1 fully saturated rings. The second kappa shape index (κ2) is 5.68. The van der Waals surface area contributed by atoms with Gasteiger partial charge in [0.2, 0.25) is 0 Å². The lowest BCUT2D eigenvalue weighted by Gasteiger charge is -2.33. The van der Waals surface area contributed by atoms with Gasteiger partial charge in [0.25, 0.3) is 0 Å². The Morgan fingerprint density at radius 3 is 2.88 bits per heavy atom. The Kier molecular flexibility index (Phi) is 4.22. The highest BCUT2D eigenvalue weighted by molar-refractivity contribution is 5.36. The summed E-state index contributed by atoms with van der Waals surface area (Å²) in [6, 6.07) is 6.80. The van der Waals surface area contributed by atoms with Crippen molar-refractivity contribution in [2.45, 2.75) is 46.0 Å². The minimum Gasteiger partial charge on any atom is -0.316 e. The number of hydrogen-bond donors (Lipinski definition) is 1. The normalized spacial score (nSPS) is 24.9. The summed E-state index contributed by atoms with van der Waals surface area (Å²) in [5.74, 6) is 1.60. The molecule has 1 aromatic rings. The molecule has 1 aliphatic heterocycles. The van der Waals surface area contributed by atoms with Crippen molar-refractivity contribution in [2.75, 3.05) is 13.1 Å². The number of piperidine rings is 1. The van der Waals surface area contributed by atoms with Crippen molar-refractivity contribution < 1.29 is 0 Å². The summed E-state index contributed by atoms with van der Waals surface area (Å²) in [7, 11) is 0. The Bertz CT molecular complexity index is 368. The molecule has 17 heavy (non-hydrogen) atoms. The van der Waals surface area contributed by atoms with Gasteiger partial charge in [-0.25, -0.2) is 0 Å². The SMILES string of the molecule is CCCC1CNCCC1c1cccc(C)c1C. The molecule has 2 unspecified atom stereocenters. The molecule has 1 saturated heterocycles. The summed E-state index contributed by atoms with van der Waals surface area (Å²) in [6.07, 6.45) is 3.95. The van der Waals surface area contributed by atoms with Gasteiger partial charge in [-0.05, 0) is 68.3 Å². The smallest absolute Gasteiger partial charge is 0.00147 e. The fourth-order valence-corrected chi connectivity index (χ4v) is 3.18. The molecule has 94 valence electrons. The first-order chi connectivity index (χ1) is 8.24.